The minimum absolute atomic E-state index is 0.150. The SMILES string of the molecule is CC/C=C/C/C=C/C/C=C/C/C=C/CCCCC(=O)OC[C@H](COP(=O)(O)OC[C@@H](O)CO)OC(=O)CCCCCCC/C=C/C/C=C/C/C=C/CC. The molecule has 0 spiro atoms. The van der Waals surface area contributed by atoms with Crippen molar-refractivity contribution in [3.63, 3.8) is 0 Å². The highest BCUT2D eigenvalue weighted by Gasteiger charge is 2.27. The molecule has 0 fully saturated rings. The van der Waals surface area contributed by atoms with Crippen LogP contribution in [0.2, 0.25) is 0 Å². The number of hydrogen-bond donors (Lipinski definition) is 3. The third-order valence-electron chi connectivity index (χ3n) is 7.54. The lowest BCUT2D eigenvalue weighted by atomic mass is 10.1. The normalized spacial score (nSPS) is 14.9. The van der Waals surface area contributed by atoms with Gasteiger partial charge in [-0.1, -0.05) is 118 Å². The number of rotatable bonds is 35. The second-order valence-electron chi connectivity index (χ2n) is 12.5. The van der Waals surface area contributed by atoms with Crippen LogP contribution in [-0.4, -0.2) is 65.7 Å². The van der Waals surface area contributed by atoms with Gasteiger partial charge >= 0.3 is 19.8 Å². The third kappa shape index (κ3) is 37.3. The van der Waals surface area contributed by atoms with E-state index < -0.39 is 51.8 Å². The number of carbonyl (C=O) groups is 2. The highest BCUT2D eigenvalue weighted by atomic mass is 31.2. The molecule has 0 saturated heterocycles. The van der Waals surface area contributed by atoms with Crippen LogP contribution >= 0.6 is 7.82 Å². The first kappa shape index (κ1) is 50.1. The van der Waals surface area contributed by atoms with Gasteiger partial charge in [-0.15, -0.1) is 0 Å². The number of allylic oxidation sites excluding steroid dienone is 14. The van der Waals surface area contributed by atoms with E-state index in [4.69, 9.17) is 19.1 Å². The molecule has 0 radical (unpaired) electrons. The minimum Gasteiger partial charge on any atom is -0.462 e. The van der Waals surface area contributed by atoms with Gasteiger partial charge in [0.15, 0.2) is 6.10 Å². The van der Waals surface area contributed by atoms with E-state index in [0.29, 0.717) is 12.8 Å². The van der Waals surface area contributed by atoms with Gasteiger partial charge < -0.3 is 24.6 Å². The number of aliphatic hydroxyl groups excluding tert-OH is 2. The van der Waals surface area contributed by atoms with Gasteiger partial charge in [0.25, 0.3) is 0 Å². The third-order valence-corrected chi connectivity index (χ3v) is 8.50. The molecule has 0 aromatic heterocycles. The lowest BCUT2D eigenvalue weighted by molar-refractivity contribution is -0.161. The molecule has 0 heterocycles. The fourth-order valence-corrected chi connectivity index (χ4v) is 5.37. The van der Waals surface area contributed by atoms with Gasteiger partial charge in [-0.3, -0.25) is 18.6 Å². The van der Waals surface area contributed by atoms with Crippen LogP contribution in [0.15, 0.2) is 85.1 Å². The van der Waals surface area contributed by atoms with E-state index in [0.717, 1.165) is 89.9 Å². The molecular weight excluding hydrogens is 695 g/mol. The monoisotopic (exact) mass is 764 g/mol. The molecule has 0 aliphatic rings. The van der Waals surface area contributed by atoms with Crippen molar-refractivity contribution in [2.24, 2.45) is 0 Å². The van der Waals surface area contributed by atoms with Crippen LogP contribution in [0.1, 0.15) is 129 Å². The Morgan fingerprint density at radius 2 is 0.981 bits per heavy atom. The maximum atomic E-state index is 12.6. The quantitative estimate of drug-likeness (QED) is 0.0246. The summed E-state index contributed by atoms with van der Waals surface area (Å²) in [7, 11) is -4.63. The van der Waals surface area contributed by atoms with Crippen molar-refractivity contribution in [1.82, 2.24) is 0 Å². The fraction of sp³-hybridized carbons (Fsp3) is 0.619. The van der Waals surface area contributed by atoms with Crippen LogP contribution in [0, 0.1) is 0 Å². The van der Waals surface area contributed by atoms with Crippen molar-refractivity contribution in [2.45, 2.75) is 142 Å². The van der Waals surface area contributed by atoms with Crippen molar-refractivity contribution >= 4 is 19.8 Å². The summed E-state index contributed by atoms with van der Waals surface area (Å²) in [4.78, 5) is 34.9. The average Bonchev–Trinajstić information content (AvgIpc) is 3.14. The molecule has 0 rings (SSSR count). The number of carbonyl (C=O) groups excluding carboxylic acids is 2. The van der Waals surface area contributed by atoms with Crippen molar-refractivity contribution in [3.05, 3.63) is 85.1 Å². The molecule has 0 saturated carbocycles. The predicted octanol–water partition coefficient (Wildman–Crippen LogP) is 9.88. The lowest BCUT2D eigenvalue weighted by Crippen LogP contribution is -2.29. The second-order valence-corrected chi connectivity index (χ2v) is 14.0. The van der Waals surface area contributed by atoms with E-state index in [1.165, 1.54) is 0 Å². The maximum absolute atomic E-state index is 12.6. The zero-order valence-corrected chi connectivity index (χ0v) is 33.3. The molecule has 302 valence electrons. The van der Waals surface area contributed by atoms with Crippen LogP contribution in [0.5, 0.6) is 0 Å². The summed E-state index contributed by atoms with van der Waals surface area (Å²) in [6.07, 6.45) is 42.7. The number of phosphoric acid groups is 1. The van der Waals surface area contributed by atoms with E-state index in [1.54, 1.807) is 0 Å². The number of hydrogen-bond acceptors (Lipinski definition) is 9. The van der Waals surface area contributed by atoms with Crippen molar-refractivity contribution in [3.8, 4) is 0 Å². The Labute approximate surface area is 320 Å². The molecule has 1 unspecified atom stereocenters. The van der Waals surface area contributed by atoms with E-state index >= 15 is 0 Å². The zero-order valence-electron chi connectivity index (χ0n) is 32.4. The van der Waals surface area contributed by atoms with E-state index in [9.17, 15) is 24.2 Å². The van der Waals surface area contributed by atoms with Crippen molar-refractivity contribution in [1.29, 1.82) is 0 Å². The Kier molecular flexibility index (Phi) is 35.5. The van der Waals surface area contributed by atoms with Crippen LogP contribution in [0.4, 0.5) is 0 Å². The molecular formula is C42H69O10P. The fourth-order valence-electron chi connectivity index (χ4n) is 4.58. The number of ether oxygens (including phenoxy) is 2. The smallest absolute Gasteiger partial charge is 0.462 e. The first-order valence-electron chi connectivity index (χ1n) is 19.5. The van der Waals surface area contributed by atoms with Crippen LogP contribution in [-0.2, 0) is 32.7 Å². The standard InChI is InChI=1S/C42H69O10P/c1-3-5-7-9-11-13-15-17-19-21-23-25-27-29-31-33-41(45)49-37-40(38-51-53(47,48)50-36-39(44)35-43)52-42(46)34-32-30-28-26-24-22-20-18-16-14-12-10-8-6-4-2/h5-8,11-14,17-20,23,25,39-40,43-44H,3-4,9-10,15-16,21-22,24,26-38H2,1-2H3,(H,47,48)/b7-5+,8-6+,13-11+,14-12+,19-17+,20-18+,25-23+/t39-,40+/m0/s1. The average molecular weight is 765 g/mol. The van der Waals surface area contributed by atoms with Gasteiger partial charge in [-0.05, 0) is 83.5 Å². The summed E-state index contributed by atoms with van der Waals surface area (Å²) in [5, 5.41) is 18.3. The molecule has 0 aromatic rings. The molecule has 3 N–H and O–H groups in total. The molecule has 0 aliphatic heterocycles. The van der Waals surface area contributed by atoms with Crippen LogP contribution in [0.25, 0.3) is 0 Å². The lowest BCUT2D eigenvalue weighted by Gasteiger charge is -2.20. The number of unbranched alkanes of at least 4 members (excludes halogenated alkanes) is 7. The molecule has 10 nitrogen and oxygen atoms in total. The van der Waals surface area contributed by atoms with Gasteiger partial charge in [0, 0.05) is 12.8 Å². The van der Waals surface area contributed by atoms with E-state index in [1.807, 2.05) is 0 Å². The van der Waals surface area contributed by atoms with Gasteiger partial charge in [0.1, 0.15) is 12.7 Å². The van der Waals surface area contributed by atoms with Crippen molar-refractivity contribution in [2.75, 3.05) is 26.4 Å². The number of esters is 2. The van der Waals surface area contributed by atoms with Gasteiger partial charge in [0.05, 0.1) is 19.8 Å². The summed E-state index contributed by atoms with van der Waals surface area (Å²) in [6, 6.07) is 0. The summed E-state index contributed by atoms with van der Waals surface area (Å²) >= 11 is 0. The molecule has 0 aromatic carbocycles. The zero-order chi connectivity index (χ0) is 39.1. The highest BCUT2D eigenvalue weighted by Crippen LogP contribution is 2.43. The van der Waals surface area contributed by atoms with Gasteiger partial charge in [-0.25, -0.2) is 4.57 Å². The Balaban J connectivity index is 4.48. The molecule has 3 atom stereocenters. The molecule has 53 heavy (non-hydrogen) atoms. The largest absolute Gasteiger partial charge is 0.472 e. The topological polar surface area (TPSA) is 149 Å². The second kappa shape index (κ2) is 37.5. The van der Waals surface area contributed by atoms with Crippen LogP contribution in [0.3, 0.4) is 0 Å². The Morgan fingerprint density at radius 3 is 1.51 bits per heavy atom. The van der Waals surface area contributed by atoms with E-state index in [-0.39, 0.29) is 19.4 Å². The summed E-state index contributed by atoms with van der Waals surface area (Å²) < 4.78 is 32.6. The first-order chi connectivity index (χ1) is 25.7. The molecule has 0 amide bonds. The Hall–Kier alpha value is -2.85. The van der Waals surface area contributed by atoms with Crippen molar-refractivity contribution < 1.29 is 47.8 Å². The Bertz CT molecular complexity index is 1150. The number of phosphoric ester groups is 1. The summed E-state index contributed by atoms with van der Waals surface area (Å²) in [5.74, 6) is -1.00. The molecule has 11 heteroatoms. The van der Waals surface area contributed by atoms with E-state index in [2.05, 4.69) is 103 Å². The Morgan fingerprint density at radius 1 is 0.566 bits per heavy atom. The summed E-state index contributed by atoms with van der Waals surface area (Å²) in [5.41, 5.74) is 0. The van der Waals surface area contributed by atoms with Crippen LogP contribution < -0.4 is 0 Å². The first-order valence-corrected chi connectivity index (χ1v) is 21.0. The predicted molar refractivity (Wildman–Crippen MR) is 214 cm³/mol. The molecule has 0 bridgehead atoms. The number of aliphatic hydroxyl groups is 2. The maximum Gasteiger partial charge on any atom is 0.472 e. The molecule has 0 aliphatic carbocycles. The highest BCUT2D eigenvalue weighted by molar-refractivity contribution is 7.47. The minimum atomic E-state index is -4.63. The van der Waals surface area contributed by atoms with Gasteiger partial charge in [-0.2, -0.15) is 0 Å². The van der Waals surface area contributed by atoms with Gasteiger partial charge in [0.2, 0.25) is 0 Å². The summed E-state index contributed by atoms with van der Waals surface area (Å²) in [6.45, 7) is 2.05.